The van der Waals surface area contributed by atoms with Crippen molar-refractivity contribution in [3.05, 3.63) is 35.4 Å². The van der Waals surface area contributed by atoms with E-state index < -0.39 is 11.6 Å². The molecule has 0 bridgehead atoms. The summed E-state index contributed by atoms with van der Waals surface area (Å²) in [5.74, 6) is -0.851. The van der Waals surface area contributed by atoms with Gasteiger partial charge in [0.2, 0.25) is 0 Å². The minimum Gasteiger partial charge on any atom is -0.317 e. The molecule has 1 saturated heterocycles. The molecule has 1 heterocycles. The summed E-state index contributed by atoms with van der Waals surface area (Å²) in [4.78, 5) is 2.30. The molecule has 0 spiro atoms. The van der Waals surface area contributed by atoms with Gasteiger partial charge in [-0.15, -0.1) is 0 Å². The van der Waals surface area contributed by atoms with E-state index in [1.807, 2.05) is 0 Å². The predicted molar refractivity (Wildman–Crippen MR) is 68.3 cm³/mol. The van der Waals surface area contributed by atoms with Gasteiger partial charge in [-0.25, -0.2) is 8.78 Å². The first-order valence-corrected chi connectivity index (χ1v) is 6.56. The van der Waals surface area contributed by atoms with Crippen LogP contribution in [0.5, 0.6) is 0 Å². The SMILES string of the molecule is CCNCC1CCN(Cc2ccc(F)c(F)c2)C1. The maximum Gasteiger partial charge on any atom is 0.159 e. The molecule has 100 valence electrons. The predicted octanol–water partition coefficient (Wildman–Crippen LogP) is 2.40. The average molecular weight is 254 g/mol. The Labute approximate surface area is 107 Å². The summed E-state index contributed by atoms with van der Waals surface area (Å²) in [5.41, 5.74) is 0.845. The number of nitrogens with one attached hydrogen (secondary N) is 1. The van der Waals surface area contributed by atoms with Crippen LogP contribution < -0.4 is 5.32 Å². The van der Waals surface area contributed by atoms with Crippen LogP contribution in [0.25, 0.3) is 0 Å². The number of hydrogen-bond acceptors (Lipinski definition) is 2. The fourth-order valence-corrected chi connectivity index (χ4v) is 2.47. The van der Waals surface area contributed by atoms with E-state index in [0.717, 1.165) is 31.7 Å². The molecule has 1 aromatic carbocycles. The highest BCUT2D eigenvalue weighted by molar-refractivity contribution is 5.17. The number of halogens is 2. The first-order chi connectivity index (χ1) is 8.69. The van der Waals surface area contributed by atoms with Crippen molar-refractivity contribution in [3.8, 4) is 0 Å². The molecule has 1 aliphatic heterocycles. The summed E-state index contributed by atoms with van der Waals surface area (Å²) in [6, 6.07) is 4.17. The summed E-state index contributed by atoms with van der Waals surface area (Å²) in [6.07, 6.45) is 1.18. The van der Waals surface area contributed by atoms with Crippen molar-refractivity contribution in [2.75, 3.05) is 26.2 Å². The topological polar surface area (TPSA) is 15.3 Å². The Hall–Kier alpha value is -1.00. The third-order valence-electron chi connectivity index (χ3n) is 3.44. The largest absolute Gasteiger partial charge is 0.317 e. The van der Waals surface area contributed by atoms with Crippen molar-refractivity contribution >= 4 is 0 Å². The molecule has 2 nitrogen and oxygen atoms in total. The quantitative estimate of drug-likeness (QED) is 0.868. The lowest BCUT2D eigenvalue weighted by Gasteiger charge is -2.16. The molecule has 1 N–H and O–H groups in total. The highest BCUT2D eigenvalue weighted by atomic mass is 19.2. The van der Waals surface area contributed by atoms with Gasteiger partial charge in [-0.1, -0.05) is 13.0 Å². The molecule has 0 saturated carbocycles. The van der Waals surface area contributed by atoms with Crippen LogP contribution in [-0.2, 0) is 6.54 Å². The molecule has 0 aliphatic carbocycles. The fraction of sp³-hybridized carbons (Fsp3) is 0.571. The van der Waals surface area contributed by atoms with E-state index in [-0.39, 0.29) is 0 Å². The number of hydrogen-bond donors (Lipinski definition) is 1. The van der Waals surface area contributed by atoms with Gasteiger partial charge in [-0.05, 0) is 49.7 Å². The average Bonchev–Trinajstić information content (AvgIpc) is 2.79. The van der Waals surface area contributed by atoms with Crippen molar-refractivity contribution in [2.24, 2.45) is 5.92 Å². The van der Waals surface area contributed by atoms with Gasteiger partial charge in [0.1, 0.15) is 0 Å². The summed E-state index contributed by atoms with van der Waals surface area (Å²) < 4.78 is 25.9. The van der Waals surface area contributed by atoms with E-state index in [1.165, 1.54) is 18.6 Å². The second kappa shape index (κ2) is 6.25. The van der Waals surface area contributed by atoms with E-state index in [4.69, 9.17) is 0 Å². The summed E-state index contributed by atoms with van der Waals surface area (Å²) >= 11 is 0. The minimum absolute atomic E-state index is 0.676. The smallest absolute Gasteiger partial charge is 0.159 e. The lowest BCUT2D eigenvalue weighted by molar-refractivity contribution is 0.314. The third kappa shape index (κ3) is 3.50. The van der Waals surface area contributed by atoms with Gasteiger partial charge in [0.05, 0.1) is 0 Å². The van der Waals surface area contributed by atoms with Gasteiger partial charge in [-0.2, -0.15) is 0 Å². The number of rotatable bonds is 5. The molecule has 4 heteroatoms. The second-order valence-electron chi connectivity index (χ2n) is 4.95. The van der Waals surface area contributed by atoms with Crippen molar-refractivity contribution in [1.82, 2.24) is 10.2 Å². The van der Waals surface area contributed by atoms with Crippen LogP contribution in [0.4, 0.5) is 8.78 Å². The monoisotopic (exact) mass is 254 g/mol. The molecular formula is C14H20F2N2. The van der Waals surface area contributed by atoms with Gasteiger partial charge in [0.15, 0.2) is 11.6 Å². The second-order valence-corrected chi connectivity index (χ2v) is 4.95. The van der Waals surface area contributed by atoms with Gasteiger partial charge < -0.3 is 5.32 Å². The Kier molecular flexibility index (Phi) is 4.66. The lowest BCUT2D eigenvalue weighted by Crippen LogP contribution is -2.26. The maximum absolute atomic E-state index is 13.1. The summed E-state index contributed by atoms with van der Waals surface area (Å²) in [7, 11) is 0. The molecule has 1 aromatic rings. The zero-order valence-corrected chi connectivity index (χ0v) is 10.8. The molecule has 18 heavy (non-hydrogen) atoms. The summed E-state index contributed by atoms with van der Waals surface area (Å²) in [5, 5.41) is 3.35. The molecule has 0 amide bonds. The van der Waals surface area contributed by atoms with Crippen LogP contribution in [-0.4, -0.2) is 31.1 Å². The van der Waals surface area contributed by atoms with E-state index in [0.29, 0.717) is 12.5 Å². The Morgan fingerprint density at radius 2 is 2.17 bits per heavy atom. The fourth-order valence-electron chi connectivity index (χ4n) is 2.47. The first-order valence-electron chi connectivity index (χ1n) is 6.56. The van der Waals surface area contributed by atoms with Crippen molar-refractivity contribution in [1.29, 1.82) is 0 Å². The van der Waals surface area contributed by atoms with E-state index in [2.05, 4.69) is 17.1 Å². The Morgan fingerprint density at radius 3 is 2.89 bits per heavy atom. The van der Waals surface area contributed by atoms with Crippen LogP contribution in [0.15, 0.2) is 18.2 Å². The van der Waals surface area contributed by atoms with Crippen LogP contribution in [0.3, 0.4) is 0 Å². The highest BCUT2D eigenvalue weighted by Crippen LogP contribution is 2.19. The molecule has 0 aromatic heterocycles. The van der Waals surface area contributed by atoms with Crippen molar-refractivity contribution in [3.63, 3.8) is 0 Å². The van der Waals surface area contributed by atoms with Crippen LogP contribution in [0, 0.1) is 17.6 Å². The minimum atomic E-state index is -0.773. The molecular weight excluding hydrogens is 234 g/mol. The van der Waals surface area contributed by atoms with Crippen LogP contribution >= 0.6 is 0 Å². The van der Waals surface area contributed by atoms with Crippen LogP contribution in [0.1, 0.15) is 18.9 Å². The molecule has 1 fully saturated rings. The lowest BCUT2D eigenvalue weighted by atomic mass is 10.1. The molecule has 1 unspecified atom stereocenters. The van der Waals surface area contributed by atoms with Gasteiger partial charge in [0.25, 0.3) is 0 Å². The number of nitrogens with zero attached hydrogens (tertiary/aromatic N) is 1. The normalized spacial score (nSPS) is 20.5. The maximum atomic E-state index is 13.1. The molecule has 0 radical (unpaired) electrons. The zero-order valence-electron chi connectivity index (χ0n) is 10.8. The Morgan fingerprint density at radius 1 is 1.33 bits per heavy atom. The standard InChI is InChI=1S/C14H20F2N2/c1-2-17-8-12-5-6-18(10-12)9-11-3-4-13(15)14(16)7-11/h3-4,7,12,17H,2,5-6,8-10H2,1H3. The zero-order chi connectivity index (χ0) is 13.0. The first kappa shape index (κ1) is 13.4. The molecule has 1 aliphatic rings. The van der Waals surface area contributed by atoms with E-state index in [1.54, 1.807) is 6.07 Å². The third-order valence-corrected chi connectivity index (χ3v) is 3.44. The highest BCUT2D eigenvalue weighted by Gasteiger charge is 2.22. The van der Waals surface area contributed by atoms with Crippen molar-refractivity contribution in [2.45, 2.75) is 19.9 Å². The van der Waals surface area contributed by atoms with E-state index >= 15 is 0 Å². The Bertz CT molecular complexity index is 395. The molecule has 1 atom stereocenters. The van der Waals surface area contributed by atoms with Gasteiger partial charge >= 0.3 is 0 Å². The van der Waals surface area contributed by atoms with Crippen molar-refractivity contribution < 1.29 is 8.78 Å². The Balaban J connectivity index is 1.85. The number of likely N-dealkylation sites (tertiary alicyclic amines) is 1. The van der Waals surface area contributed by atoms with Gasteiger partial charge in [-0.3, -0.25) is 4.90 Å². The molecule has 2 rings (SSSR count). The summed E-state index contributed by atoms with van der Waals surface area (Å²) in [6.45, 7) is 6.93. The van der Waals surface area contributed by atoms with E-state index in [9.17, 15) is 8.78 Å². The number of benzene rings is 1. The van der Waals surface area contributed by atoms with Crippen LogP contribution in [0.2, 0.25) is 0 Å². The van der Waals surface area contributed by atoms with Gasteiger partial charge in [0, 0.05) is 13.1 Å².